The van der Waals surface area contributed by atoms with Crippen molar-refractivity contribution in [1.29, 1.82) is 0 Å². The number of carbonyl (C=O) groups is 2. The number of aromatic nitrogens is 1. The number of nitrogens with one attached hydrogen (secondary N) is 2. The Morgan fingerprint density at radius 2 is 1.64 bits per heavy atom. The van der Waals surface area contributed by atoms with Crippen molar-refractivity contribution < 1.29 is 14.3 Å². The average Bonchev–Trinajstić information content (AvgIpc) is 2.94. The molecule has 1 aliphatic heterocycles. The van der Waals surface area contributed by atoms with E-state index in [1.807, 2.05) is 48.7 Å². The molecular formula is C28H33N5O3. The lowest BCUT2D eigenvalue weighted by Crippen LogP contribution is -2.50. The molecule has 1 aliphatic rings. The lowest BCUT2D eigenvalue weighted by atomic mass is 10.1. The standard InChI is InChI=1S/C28H33N5O3/c1-36-26-12-6-5-10-24(26)19-30-27(34)28(35)31-20-25(23-11-7-13-29-18-23)33-16-14-32(15-17-33)21-22-8-3-2-4-9-22/h2-13,18,25H,14-17,19-21H2,1H3,(H,30,34)(H,31,35)/t25-/m1/s1. The van der Waals surface area contributed by atoms with Crippen LogP contribution in [0, 0.1) is 0 Å². The van der Waals surface area contributed by atoms with Gasteiger partial charge in [-0.1, -0.05) is 54.6 Å². The summed E-state index contributed by atoms with van der Waals surface area (Å²) in [6, 6.07) is 21.7. The summed E-state index contributed by atoms with van der Waals surface area (Å²) >= 11 is 0. The lowest BCUT2D eigenvalue weighted by Gasteiger charge is -2.39. The molecule has 0 aliphatic carbocycles. The van der Waals surface area contributed by atoms with Crippen molar-refractivity contribution in [3.05, 3.63) is 95.8 Å². The second kappa shape index (κ2) is 12.8. The van der Waals surface area contributed by atoms with Crippen molar-refractivity contribution in [2.24, 2.45) is 0 Å². The third-order valence-electron chi connectivity index (χ3n) is 6.46. The van der Waals surface area contributed by atoms with Crippen LogP contribution in [-0.2, 0) is 22.7 Å². The highest BCUT2D eigenvalue weighted by Crippen LogP contribution is 2.22. The van der Waals surface area contributed by atoms with Gasteiger partial charge in [0.05, 0.1) is 13.2 Å². The minimum absolute atomic E-state index is 0.0662. The van der Waals surface area contributed by atoms with Gasteiger partial charge in [0.15, 0.2) is 0 Å². The van der Waals surface area contributed by atoms with Crippen LogP contribution in [0.15, 0.2) is 79.1 Å². The molecule has 8 heteroatoms. The molecule has 1 saturated heterocycles. The zero-order valence-corrected chi connectivity index (χ0v) is 20.6. The van der Waals surface area contributed by atoms with E-state index in [1.54, 1.807) is 13.3 Å². The van der Waals surface area contributed by atoms with E-state index < -0.39 is 11.8 Å². The van der Waals surface area contributed by atoms with Gasteiger partial charge >= 0.3 is 11.8 Å². The summed E-state index contributed by atoms with van der Waals surface area (Å²) in [6.07, 6.45) is 3.57. The van der Waals surface area contributed by atoms with Crippen molar-refractivity contribution >= 4 is 11.8 Å². The molecule has 0 bridgehead atoms. The number of pyridine rings is 1. The molecule has 3 aromatic rings. The van der Waals surface area contributed by atoms with Gasteiger partial charge < -0.3 is 15.4 Å². The number of hydrogen-bond acceptors (Lipinski definition) is 6. The van der Waals surface area contributed by atoms with Gasteiger partial charge in [-0.2, -0.15) is 0 Å². The first-order chi connectivity index (χ1) is 17.6. The predicted molar refractivity (Wildman–Crippen MR) is 138 cm³/mol. The molecule has 0 saturated carbocycles. The number of piperazine rings is 1. The number of rotatable bonds is 9. The second-order valence-corrected chi connectivity index (χ2v) is 8.80. The molecule has 4 rings (SSSR count). The van der Waals surface area contributed by atoms with Gasteiger partial charge in [0.25, 0.3) is 0 Å². The normalized spacial score (nSPS) is 15.1. The molecule has 188 valence electrons. The van der Waals surface area contributed by atoms with Crippen LogP contribution in [0.4, 0.5) is 0 Å². The molecule has 0 unspecified atom stereocenters. The highest BCUT2D eigenvalue weighted by atomic mass is 16.5. The van der Waals surface area contributed by atoms with Crippen LogP contribution in [0.2, 0.25) is 0 Å². The lowest BCUT2D eigenvalue weighted by molar-refractivity contribution is -0.139. The fourth-order valence-corrected chi connectivity index (χ4v) is 4.48. The van der Waals surface area contributed by atoms with Crippen molar-refractivity contribution in [1.82, 2.24) is 25.4 Å². The van der Waals surface area contributed by atoms with Crippen molar-refractivity contribution in [3.63, 3.8) is 0 Å². The van der Waals surface area contributed by atoms with Crippen molar-refractivity contribution in [2.75, 3.05) is 39.8 Å². The van der Waals surface area contributed by atoms with Crippen LogP contribution in [0.3, 0.4) is 0 Å². The molecule has 36 heavy (non-hydrogen) atoms. The first-order valence-corrected chi connectivity index (χ1v) is 12.2. The van der Waals surface area contributed by atoms with Gasteiger partial charge in [-0.15, -0.1) is 0 Å². The summed E-state index contributed by atoms with van der Waals surface area (Å²) in [5.74, 6) is -0.652. The van der Waals surface area contributed by atoms with E-state index in [4.69, 9.17) is 4.74 Å². The number of para-hydroxylation sites is 1. The molecule has 2 aromatic carbocycles. The van der Waals surface area contributed by atoms with Gasteiger partial charge in [0, 0.05) is 63.8 Å². The van der Waals surface area contributed by atoms with Crippen molar-refractivity contribution in [3.8, 4) is 5.75 Å². The smallest absolute Gasteiger partial charge is 0.309 e. The summed E-state index contributed by atoms with van der Waals surface area (Å²) in [6.45, 7) is 5.05. The van der Waals surface area contributed by atoms with Crippen molar-refractivity contribution in [2.45, 2.75) is 19.1 Å². The van der Waals surface area contributed by atoms with E-state index in [0.717, 1.165) is 43.9 Å². The highest BCUT2D eigenvalue weighted by molar-refractivity contribution is 6.35. The molecule has 1 fully saturated rings. The average molecular weight is 488 g/mol. The Morgan fingerprint density at radius 1 is 0.917 bits per heavy atom. The van der Waals surface area contributed by atoms with Gasteiger partial charge in [0.2, 0.25) is 0 Å². The molecule has 0 radical (unpaired) electrons. The van der Waals surface area contributed by atoms with Crippen LogP contribution in [0.25, 0.3) is 0 Å². The molecule has 2 heterocycles. The van der Waals surface area contributed by atoms with E-state index in [1.165, 1.54) is 5.56 Å². The number of carbonyl (C=O) groups excluding carboxylic acids is 2. The Labute approximate surface area is 212 Å². The molecule has 1 aromatic heterocycles. The Balaban J connectivity index is 1.32. The van der Waals surface area contributed by atoms with E-state index >= 15 is 0 Å². The van der Waals surface area contributed by atoms with Crippen LogP contribution in [0.1, 0.15) is 22.7 Å². The van der Waals surface area contributed by atoms with Gasteiger partial charge in [-0.05, 0) is 23.3 Å². The van der Waals surface area contributed by atoms with Gasteiger partial charge in [-0.25, -0.2) is 0 Å². The van der Waals surface area contributed by atoms with Crippen LogP contribution >= 0.6 is 0 Å². The predicted octanol–water partition coefficient (Wildman–Crippen LogP) is 2.38. The summed E-state index contributed by atoms with van der Waals surface area (Å²) in [5, 5.41) is 5.51. The highest BCUT2D eigenvalue weighted by Gasteiger charge is 2.26. The largest absolute Gasteiger partial charge is 0.496 e. The summed E-state index contributed by atoms with van der Waals surface area (Å²) in [5.41, 5.74) is 3.13. The minimum Gasteiger partial charge on any atom is -0.496 e. The Hall–Kier alpha value is -3.75. The number of hydrogen-bond donors (Lipinski definition) is 2. The third kappa shape index (κ3) is 6.90. The van der Waals surface area contributed by atoms with E-state index in [-0.39, 0.29) is 12.6 Å². The second-order valence-electron chi connectivity index (χ2n) is 8.80. The molecule has 8 nitrogen and oxygen atoms in total. The number of benzene rings is 2. The summed E-state index contributed by atoms with van der Waals surface area (Å²) < 4.78 is 5.31. The Bertz CT molecular complexity index is 1120. The maximum absolute atomic E-state index is 12.6. The number of methoxy groups -OCH3 is 1. The molecular weight excluding hydrogens is 454 g/mol. The fraction of sp³-hybridized carbons (Fsp3) is 0.321. The molecule has 1 atom stereocenters. The number of amides is 2. The minimum atomic E-state index is -0.668. The summed E-state index contributed by atoms with van der Waals surface area (Å²) in [4.78, 5) is 34.1. The zero-order valence-electron chi connectivity index (χ0n) is 20.6. The Morgan fingerprint density at radius 3 is 2.36 bits per heavy atom. The van der Waals surface area contributed by atoms with Crippen LogP contribution in [0.5, 0.6) is 5.75 Å². The SMILES string of the molecule is COc1ccccc1CNC(=O)C(=O)NC[C@H](c1cccnc1)N1CCN(Cc2ccccc2)CC1. The maximum Gasteiger partial charge on any atom is 0.309 e. The fourth-order valence-electron chi connectivity index (χ4n) is 4.48. The van der Waals surface area contributed by atoms with E-state index in [9.17, 15) is 9.59 Å². The quantitative estimate of drug-likeness (QED) is 0.451. The van der Waals surface area contributed by atoms with E-state index in [2.05, 4.69) is 49.7 Å². The Kier molecular flexibility index (Phi) is 9.02. The van der Waals surface area contributed by atoms with Crippen LogP contribution in [-0.4, -0.2) is 66.4 Å². The third-order valence-corrected chi connectivity index (χ3v) is 6.46. The number of nitrogens with zero attached hydrogens (tertiary/aromatic N) is 3. The monoisotopic (exact) mass is 487 g/mol. The molecule has 0 spiro atoms. The first kappa shape index (κ1) is 25.3. The molecule has 2 N–H and O–H groups in total. The number of ether oxygens (including phenoxy) is 1. The topological polar surface area (TPSA) is 86.8 Å². The molecule has 2 amide bonds. The first-order valence-electron chi connectivity index (χ1n) is 12.2. The van der Waals surface area contributed by atoms with Gasteiger partial charge in [-0.3, -0.25) is 24.4 Å². The zero-order chi connectivity index (χ0) is 25.2. The van der Waals surface area contributed by atoms with E-state index in [0.29, 0.717) is 12.3 Å². The maximum atomic E-state index is 12.6. The summed E-state index contributed by atoms with van der Waals surface area (Å²) in [7, 11) is 1.58. The van der Waals surface area contributed by atoms with Gasteiger partial charge in [0.1, 0.15) is 5.75 Å². The van der Waals surface area contributed by atoms with Crippen LogP contribution < -0.4 is 15.4 Å².